The fraction of sp³-hybridized carbons (Fsp3) is 0.286. The van der Waals surface area contributed by atoms with Crippen LogP contribution >= 0.6 is 11.3 Å². The zero-order chi connectivity index (χ0) is 9.84. The molecular weight excluding hydrogens is 190 g/mol. The van der Waals surface area contributed by atoms with E-state index in [0.717, 1.165) is 0 Å². The Morgan fingerprint density at radius 3 is 2.85 bits per heavy atom. The number of nitrogens with zero attached hydrogens (tertiary/aromatic N) is 1. The number of primary amides is 1. The third kappa shape index (κ3) is 2.51. The first kappa shape index (κ1) is 9.66. The van der Waals surface area contributed by atoms with Crippen LogP contribution in [0.4, 0.5) is 0 Å². The van der Waals surface area contributed by atoms with Gasteiger partial charge < -0.3 is 11.1 Å². The molecule has 1 aromatic heterocycles. The number of aromatic nitrogens is 1. The van der Waals surface area contributed by atoms with Gasteiger partial charge in [-0.1, -0.05) is 0 Å². The number of hydrogen-bond acceptors (Lipinski definition) is 4. The molecule has 3 N–H and O–H groups in total. The molecule has 0 aliphatic heterocycles. The van der Waals surface area contributed by atoms with Crippen molar-refractivity contribution in [3.8, 4) is 0 Å². The highest BCUT2D eigenvalue weighted by Gasteiger charge is 2.14. The van der Waals surface area contributed by atoms with Crippen LogP contribution in [-0.2, 0) is 4.79 Å². The Bertz CT molecular complexity index is 310. The summed E-state index contributed by atoms with van der Waals surface area (Å²) in [5.41, 5.74) is 6.82. The molecule has 0 aliphatic carbocycles. The van der Waals surface area contributed by atoms with Crippen LogP contribution < -0.4 is 11.1 Å². The summed E-state index contributed by atoms with van der Waals surface area (Å²) in [4.78, 5) is 25.6. The summed E-state index contributed by atoms with van der Waals surface area (Å²) in [6.45, 7) is 1.52. The normalized spacial score (nSPS) is 12.1. The quantitative estimate of drug-likeness (QED) is 0.703. The van der Waals surface area contributed by atoms with Crippen LogP contribution in [-0.4, -0.2) is 22.8 Å². The molecule has 1 aromatic rings. The third-order valence-corrected chi connectivity index (χ3v) is 2.03. The molecule has 0 unspecified atom stereocenters. The van der Waals surface area contributed by atoms with Crippen molar-refractivity contribution in [2.75, 3.05) is 0 Å². The smallest absolute Gasteiger partial charge is 0.271 e. The van der Waals surface area contributed by atoms with Gasteiger partial charge in [0, 0.05) is 5.38 Å². The number of rotatable bonds is 3. The van der Waals surface area contributed by atoms with E-state index in [-0.39, 0.29) is 5.91 Å². The van der Waals surface area contributed by atoms with E-state index in [0.29, 0.717) is 5.69 Å². The second-order valence-electron chi connectivity index (χ2n) is 2.47. The average Bonchev–Trinajstić information content (AvgIpc) is 2.55. The van der Waals surface area contributed by atoms with Crippen molar-refractivity contribution in [3.05, 3.63) is 16.6 Å². The Hall–Kier alpha value is -1.43. The summed E-state index contributed by atoms with van der Waals surface area (Å²) in [6, 6.07) is -0.672. The van der Waals surface area contributed by atoms with Crippen LogP contribution in [0.1, 0.15) is 17.4 Å². The Morgan fingerprint density at radius 2 is 2.38 bits per heavy atom. The number of carbonyl (C=O) groups is 2. The lowest BCUT2D eigenvalue weighted by atomic mass is 10.3. The molecule has 0 spiro atoms. The molecule has 0 saturated carbocycles. The molecule has 0 saturated heterocycles. The average molecular weight is 199 g/mol. The molecule has 1 atom stereocenters. The molecule has 13 heavy (non-hydrogen) atoms. The molecule has 0 fully saturated rings. The van der Waals surface area contributed by atoms with Crippen molar-refractivity contribution >= 4 is 23.2 Å². The van der Waals surface area contributed by atoms with E-state index in [1.54, 1.807) is 10.9 Å². The summed E-state index contributed by atoms with van der Waals surface area (Å²) < 4.78 is 0. The monoisotopic (exact) mass is 199 g/mol. The number of nitrogens with two attached hydrogens (primary N) is 1. The van der Waals surface area contributed by atoms with Crippen molar-refractivity contribution < 1.29 is 9.59 Å². The van der Waals surface area contributed by atoms with Gasteiger partial charge in [-0.2, -0.15) is 0 Å². The minimum absolute atomic E-state index is 0.304. The molecule has 2 amide bonds. The summed E-state index contributed by atoms with van der Waals surface area (Å²) in [5, 5.41) is 4.01. The van der Waals surface area contributed by atoms with E-state index in [1.807, 2.05) is 0 Å². The topological polar surface area (TPSA) is 85.1 Å². The minimum atomic E-state index is -0.672. The highest BCUT2D eigenvalue weighted by atomic mass is 32.1. The van der Waals surface area contributed by atoms with Gasteiger partial charge in [0.2, 0.25) is 5.91 Å². The standard InChI is InChI=1S/C7H9N3O2S/c1-4(6(8)11)10-7(12)5-2-13-3-9-5/h2-4H,1H3,(H2,8,11)(H,10,12)/t4-/m1/s1. The van der Waals surface area contributed by atoms with Crippen molar-refractivity contribution in [3.63, 3.8) is 0 Å². The van der Waals surface area contributed by atoms with Gasteiger partial charge >= 0.3 is 0 Å². The third-order valence-electron chi connectivity index (χ3n) is 1.44. The van der Waals surface area contributed by atoms with Crippen molar-refractivity contribution in [2.45, 2.75) is 13.0 Å². The lowest BCUT2D eigenvalue weighted by Gasteiger charge is -2.07. The van der Waals surface area contributed by atoms with Gasteiger partial charge in [-0.3, -0.25) is 9.59 Å². The maximum Gasteiger partial charge on any atom is 0.271 e. The number of nitrogens with one attached hydrogen (secondary N) is 1. The molecule has 5 nitrogen and oxygen atoms in total. The molecule has 1 rings (SSSR count). The van der Waals surface area contributed by atoms with Crippen LogP contribution in [0.25, 0.3) is 0 Å². The molecule has 70 valence electrons. The Balaban J connectivity index is 2.56. The molecule has 0 aromatic carbocycles. The first-order valence-electron chi connectivity index (χ1n) is 3.59. The fourth-order valence-electron chi connectivity index (χ4n) is 0.666. The zero-order valence-corrected chi connectivity index (χ0v) is 7.80. The first-order valence-corrected chi connectivity index (χ1v) is 4.54. The van der Waals surface area contributed by atoms with Gasteiger partial charge in [-0.25, -0.2) is 4.98 Å². The largest absolute Gasteiger partial charge is 0.368 e. The molecule has 0 bridgehead atoms. The Labute approximate surface area is 79.0 Å². The summed E-state index contributed by atoms with van der Waals surface area (Å²) in [6.07, 6.45) is 0. The minimum Gasteiger partial charge on any atom is -0.368 e. The molecular formula is C7H9N3O2S. The second-order valence-corrected chi connectivity index (χ2v) is 3.19. The predicted molar refractivity (Wildman–Crippen MR) is 48.2 cm³/mol. The number of amides is 2. The lowest BCUT2D eigenvalue weighted by Crippen LogP contribution is -2.42. The highest BCUT2D eigenvalue weighted by Crippen LogP contribution is 2.00. The van der Waals surface area contributed by atoms with E-state index >= 15 is 0 Å². The van der Waals surface area contributed by atoms with Crippen LogP contribution in [0, 0.1) is 0 Å². The molecule has 0 aliphatic rings. The summed E-state index contributed by atoms with van der Waals surface area (Å²) in [5.74, 6) is -0.948. The Kier molecular flexibility index (Phi) is 2.97. The van der Waals surface area contributed by atoms with E-state index in [1.165, 1.54) is 18.3 Å². The van der Waals surface area contributed by atoms with E-state index < -0.39 is 11.9 Å². The summed E-state index contributed by atoms with van der Waals surface area (Å²) >= 11 is 1.32. The van der Waals surface area contributed by atoms with Crippen LogP contribution in [0.5, 0.6) is 0 Å². The van der Waals surface area contributed by atoms with E-state index in [2.05, 4.69) is 10.3 Å². The van der Waals surface area contributed by atoms with Gasteiger partial charge in [0.05, 0.1) is 5.51 Å². The summed E-state index contributed by atoms with van der Waals surface area (Å²) in [7, 11) is 0. The SMILES string of the molecule is C[C@@H](NC(=O)c1cscn1)C(N)=O. The molecule has 6 heteroatoms. The zero-order valence-electron chi connectivity index (χ0n) is 6.98. The fourth-order valence-corrected chi connectivity index (χ4v) is 1.20. The molecule has 1 heterocycles. The Morgan fingerprint density at radius 1 is 1.69 bits per heavy atom. The van der Waals surface area contributed by atoms with Gasteiger partial charge in [-0.05, 0) is 6.92 Å². The molecule has 0 radical (unpaired) electrons. The van der Waals surface area contributed by atoms with E-state index in [4.69, 9.17) is 5.73 Å². The lowest BCUT2D eigenvalue weighted by molar-refractivity contribution is -0.119. The number of carbonyl (C=O) groups excluding carboxylic acids is 2. The number of hydrogen-bond donors (Lipinski definition) is 2. The maximum absolute atomic E-state index is 11.2. The van der Waals surface area contributed by atoms with Gasteiger partial charge in [0.25, 0.3) is 5.91 Å². The van der Waals surface area contributed by atoms with Gasteiger partial charge in [0.1, 0.15) is 11.7 Å². The van der Waals surface area contributed by atoms with Crippen molar-refractivity contribution in [1.29, 1.82) is 0 Å². The van der Waals surface area contributed by atoms with Crippen molar-refractivity contribution in [1.82, 2.24) is 10.3 Å². The second kappa shape index (κ2) is 3.99. The predicted octanol–water partition coefficient (Wildman–Crippen LogP) is -0.253. The highest BCUT2D eigenvalue weighted by molar-refractivity contribution is 7.07. The van der Waals surface area contributed by atoms with Gasteiger partial charge in [0.15, 0.2) is 0 Å². The van der Waals surface area contributed by atoms with E-state index in [9.17, 15) is 9.59 Å². The first-order chi connectivity index (χ1) is 6.11. The van der Waals surface area contributed by atoms with Gasteiger partial charge in [-0.15, -0.1) is 11.3 Å². The van der Waals surface area contributed by atoms with Crippen LogP contribution in [0.15, 0.2) is 10.9 Å². The number of thiazole rings is 1. The van der Waals surface area contributed by atoms with Crippen LogP contribution in [0.2, 0.25) is 0 Å². The maximum atomic E-state index is 11.2. The van der Waals surface area contributed by atoms with Crippen LogP contribution in [0.3, 0.4) is 0 Å². The van der Waals surface area contributed by atoms with Crippen molar-refractivity contribution in [2.24, 2.45) is 5.73 Å².